The molecule has 0 aliphatic heterocycles. The molecule has 0 spiro atoms. The van der Waals surface area contributed by atoms with Gasteiger partial charge in [0, 0.05) is 25.0 Å². The highest BCUT2D eigenvalue weighted by molar-refractivity contribution is 5.73. The van der Waals surface area contributed by atoms with Crippen molar-refractivity contribution in [3.63, 3.8) is 0 Å². The maximum atomic E-state index is 11.1. The van der Waals surface area contributed by atoms with Crippen LogP contribution in [0.25, 0.3) is 0 Å². The first-order valence-electron chi connectivity index (χ1n) is 6.34. The lowest BCUT2D eigenvalue weighted by molar-refractivity contribution is -0.147. The second-order valence-electron chi connectivity index (χ2n) is 5.82. The van der Waals surface area contributed by atoms with Crippen LogP contribution in [-0.2, 0) is 11.3 Å². The highest BCUT2D eigenvalue weighted by Crippen LogP contribution is 2.24. The largest absolute Gasteiger partial charge is 0.481 e. The Morgan fingerprint density at radius 3 is 2.56 bits per heavy atom. The van der Waals surface area contributed by atoms with Gasteiger partial charge in [-0.25, -0.2) is 0 Å². The summed E-state index contributed by atoms with van der Waals surface area (Å²) in [5, 5.41) is 12.4. The molecule has 0 radical (unpaired) electrons. The van der Waals surface area contributed by atoms with Gasteiger partial charge in [0.2, 0.25) is 0 Å². The molecule has 4 nitrogen and oxygen atoms in total. The monoisotopic (exact) mass is 252 g/mol. The first-order chi connectivity index (χ1) is 8.27. The van der Waals surface area contributed by atoms with Crippen molar-refractivity contribution in [3.05, 3.63) is 24.0 Å². The van der Waals surface area contributed by atoms with Crippen molar-refractivity contribution in [2.75, 3.05) is 7.05 Å². The van der Waals surface area contributed by atoms with E-state index in [9.17, 15) is 4.79 Å². The Hall–Kier alpha value is -1.29. The number of aliphatic carboxylic acids is 1. The van der Waals surface area contributed by atoms with Crippen LogP contribution in [0.2, 0.25) is 0 Å². The minimum Gasteiger partial charge on any atom is -0.481 e. The van der Waals surface area contributed by atoms with E-state index in [0.717, 1.165) is 0 Å². The van der Waals surface area contributed by atoms with Crippen LogP contribution in [0.15, 0.2) is 18.5 Å². The molecule has 2 N–H and O–H groups in total. The number of hydrogen-bond acceptors (Lipinski definition) is 2. The Morgan fingerprint density at radius 2 is 2.11 bits per heavy atom. The number of rotatable bonds is 6. The molecule has 1 aromatic rings. The Balaban J connectivity index is 2.84. The summed E-state index contributed by atoms with van der Waals surface area (Å²) in [5.74, 6) is -0.273. The van der Waals surface area contributed by atoms with Crippen molar-refractivity contribution in [2.24, 2.45) is 11.3 Å². The van der Waals surface area contributed by atoms with Crippen molar-refractivity contribution >= 4 is 5.97 Å². The lowest BCUT2D eigenvalue weighted by Gasteiger charge is -2.21. The van der Waals surface area contributed by atoms with Gasteiger partial charge in [0.05, 0.1) is 5.41 Å². The first-order valence-corrected chi connectivity index (χ1v) is 6.34. The third-order valence-corrected chi connectivity index (χ3v) is 3.27. The van der Waals surface area contributed by atoms with Crippen molar-refractivity contribution in [1.82, 2.24) is 9.88 Å². The molecular weight excluding hydrogens is 228 g/mol. The van der Waals surface area contributed by atoms with Gasteiger partial charge in [-0.2, -0.15) is 0 Å². The maximum absolute atomic E-state index is 11.1. The number of nitrogens with one attached hydrogen (secondary N) is 1. The van der Waals surface area contributed by atoms with Crippen LogP contribution in [-0.4, -0.2) is 22.7 Å². The minimum atomic E-state index is -0.772. The van der Waals surface area contributed by atoms with Gasteiger partial charge in [-0.1, -0.05) is 13.8 Å². The summed E-state index contributed by atoms with van der Waals surface area (Å²) in [7, 11) is 1.95. The highest BCUT2D eigenvalue weighted by Gasteiger charge is 2.27. The van der Waals surface area contributed by atoms with Crippen LogP contribution in [0, 0.1) is 11.3 Å². The smallest absolute Gasteiger partial charge is 0.310 e. The Kier molecular flexibility index (Phi) is 4.57. The molecular formula is C14H24N2O2. The predicted molar refractivity (Wildman–Crippen MR) is 72.5 cm³/mol. The molecule has 1 aromatic heterocycles. The fraction of sp³-hybridized carbons (Fsp3) is 0.643. The minimum absolute atomic E-state index is 0.305. The summed E-state index contributed by atoms with van der Waals surface area (Å²) in [5.41, 5.74) is 0.456. The zero-order chi connectivity index (χ0) is 13.9. The van der Waals surface area contributed by atoms with Crippen molar-refractivity contribution < 1.29 is 9.90 Å². The average Bonchev–Trinajstić information content (AvgIpc) is 2.65. The van der Waals surface area contributed by atoms with Gasteiger partial charge >= 0.3 is 5.97 Å². The lowest BCUT2D eigenvalue weighted by atomic mass is 9.94. The van der Waals surface area contributed by atoms with Crippen molar-refractivity contribution in [1.29, 1.82) is 0 Å². The fourth-order valence-electron chi connectivity index (χ4n) is 2.15. The second kappa shape index (κ2) is 5.57. The van der Waals surface area contributed by atoms with E-state index in [1.54, 1.807) is 13.8 Å². The summed E-state index contributed by atoms with van der Waals surface area (Å²) < 4.78 is 1.95. The third-order valence-electron chi connectivity index (χ3n) is 3.27. The summed E-state index contributed by atoms with van der Waals surface area (Å²) in [4.78, 5) is 11.1. The van der Waals surface area contributed by atoms with E-state index >= 15 is 0 Å². The molecule has 0 bridgehead atoms. The standard InChI is InChI=1S/C14H24N2O2/c1-10(2)12(15-5)11-6-7-16(8-11)9-14(3,4)13(17)18/h6-8,10,12,15H,9H2,1-5H3,(H,17,18). The number of carboxylic acid groups (broad SMARTS) is 1. The molecule has 0 saturated heterocycles. The molecule has 102 valence electrons. The molecule has 1 heterocycles. The van der Waals surface area contributed by atoms with E-state index in [1.807, 2.05) is 24.0 Å². The van der Waals surface area contributed by atoms with Gasteiger partial charge in [0.25, 0.3) is 0 Å². The summed E-state index contributed by atoms with van der Waals surface area (Å²) in [6.45, 7) is 8.30. The van der Waals surface area contributed by atoms with Crippen molar-refractivity contribution in [3.8, 4) is 0 Å². The van der Waals surface area contributed by atoms with E-state index in [2.05, 4.69) is 25.2 Å². The van der Waals surface area contributed by atoms with Gasteiger partial charge < -0.3 is 15.0 Å². The molecule has 0 amide bonds. The number of hydrogen-bond donors (Lipinski definition) is 2. The van der Waals surface area contributed by atoms with E-state index in [4.69, 9.17) is 5.11 Å². The van der Waals surface area contributed by atoms with Gasteiger partial charge in [-0.15, -0.1) is 0 Å². The van der Waals surface area contributed by atoms with Crippen LogP contribution in [0.1, 0.15) is 39.3 Å². The molecule has 0 aliphatic carbocycles. The molecule has 1 rings (SSSR count). The molecule has 0 saturated carbocycles. The SMILES string of the molecule is CNC(c1ccn(CC(C)(C)C(=O)O)c1)C(C)C. The molecule has 0 aromatic carbocycles. The third kappa shape index (κ3) is 3.35. The zero-order valence-corrected chi connectivity index (χ0v) is 11.9. The number of aromatic nitrogens is 1. The average molecular weight is 252 g/mol. The van der Waals surface area contributed by atoms with E-state index in [0.29, 0.717) is 18.5 Å². The van der Waals surface area contributed by atoms with Crippen LogP contribution in [0.3, 0.4) is 0 Å². The Labute approximate surface area is 109 Å². The number of carbonyl (C=O) groups is 1. The van der Waals surface area contributed by atoms with E-state index < -0.39 is 11.4 Å². The molecule has 0 fully saturated rings. The molecule has 4 heteroatoms. The predicted octanol–water partition coefficient (Wildman–Crippen LogP) is 2.52. The first kappa shape index (κ1) is 14.8. The molecule has 1 atom stereocenters. The fourth-order valence-corrected chi connectivity index (χ4v) is 2.15. The molecule has 18 heavy (non-hydrogen) atoms. The number of carboxylic acids is 1. The van der Waals surface area contributed by atoms with Crippen LogP contribution >= 0.6 is 0 Å². The normalized spacial score (nSPS) is 13.9. The van der Waals surface area contributed by atoms with Crippen molar-refractivity contribution in [2.45, 2.75) is 40.3 Å². The highest BCUT2D eigenvalue weighted by atomic mass is 16.4. The van der Waals surface area contributed by atoms with Gasteiger partial charge in [0.15, 0.2) is 0 Å². The summed E-state index contributed by atoms with van der Waals surface area (Å²) >= 11 is 0. The van der Waals surface area contributed by atoms with Gasteiger partial charge in [-0.3, -0.25) is 4.79 Å². The summed E-state index contributed by atoms with van der Waals surface area (Å²) in [6.07, 6.45) is 3.98. The second-order valence-corrected chi connectivity index (χ2v) is 5.82. The quantitative estimate of drug-likeness (QED) is 0.818. The van der Waals surface area contributed by atoms with E-state index in [-0.39, 0.29) is 0 Å². The van der Waals surface area contributed by atoms with Gasteiger partial charge in [-0.05, 0) is 38.4 Å². The molecule has 0 aliphatic rings. The Bertz CT molecular complexity index is 408. The van der Waals surface area contributed by atoms with Crippen LogP contribution in [0.4, 0.5) is 0 Å². The summed E-state index contributed by atoms with van der Waals surface area (Å²) in [6, 6.07) is 2.36. The Morgan fingerprint density at radius 1 is 1.50 bits per heavy atom. The van der Waals surface area contributed by atoms with Gasteiger partial charge in [0.1, 0.15) is 0 Å². The van der Waals surface area contributed by atoms with Crippen LogP contribution < -0.4 is 5.32 Å². The van der Waals surface area contributed by atoms with E-state index in [1.165, 1.54) is 5.56 Å². The zero-order valence-electron chi connectivity index (χ0n) is 11.9. The lowest BCUT2D eigenvalue weighted by Crippen LogP contribution is -2.28. The molecule has 1 unspecified atom stereocenters. The maximum Gasteiger partial charge on any atom is 0.310 e. The number of nitrogens with zero attached hydrogens (tertiary/aromatic N) is 1. The topological polar surface area (TPSA) is 54.3 Å². The van der Waals surface area contributed by atoms with Crippen LogP contribution in [0.5, 0.6) is 0 Å².